The number of ether oxygens (including phenoxy) is 1. The van der Waals surface area contributed by atoms with Gasteiger partial charge in [0, 0.05) is 24.2 Å². The first-order valence-electron chi connectivity index (χ1n) is 7.75. The maximum Gasteiger partial charge on any atom is 0.416 e. The Balaban J connectivity index is 2.38. The van der Waals surface area contributed by atoms with Crippen molar-refractivity contribution < 1.29 is 17.9 Å². The molecule has 1 aromatic carbocycles. The van der Waals surface area contributed by atoms with Crippen molar-refractivity contribution in [2.24, 2.45) is 5.92 Å². The molecule has 22 heavy (non-hydrogen) atoms. The Morgan fingerprint density at radius 3 is 2.45 bits per heavy atom. The van der Waals surface area contributed by atoms with Crippen LogP contribution in [0.1, 0.15) is 50.8 Å². The first kappa shape index (κ1) is 17.1. The minimum absolute atomic E-state index is 0.119. The molecule has 1 heterocycles. The highest BCUT2D eigenvalue weighted by atomic mass is 19.4. The van der Waals surface area contributed by atoms with Gasteiger partial charge in [-0.15, -0.1) is 0 Å². The van der Waals surface area contributed by atoms with Gasteiger partial charge in [0.05, 0.1) is 12.7 Å². The van der Waals surface area contributed by atoms with E-state index in [1.807, 2.05) is 0 Å². The molecule has 1 aromatic rings. The fourth-order valence-corrected chi connectivity index (χ4v) is 3.25. The van der Waals surface area contributed by atoms with Crippen LogP contribution in [0.5, 0.6) is 5.75 Å². The number of hydrogen-bond donors (Lipinski definition) is 0. The van der Waals surface area contributed by atoms with Gasteiger partial charge in [-0.2, -0.15) is 13.2 Å². The third-order valence-corrected chi connectivity index (χ3v) is 4.44. The number of halogens is 3. The Morgan fingerprint density at radius 2 is 1.91 bits per heavy atom. The van der Waals surface area contributed by atoms with Gasteiger partial charge in [-0.05, 0) is 44.7 Å². The van der Waals surface area contributed by atoms with Crippen molar-refractivity contribution in [2.45, 2.75) is 51.9 Å². The number of likely N-dealkylation sites (tertiary alicyclic amines) is 1. The molecular formula is C17H24F3NO. The molecule has 0 N–H and O–H groups in total. The minimum atomic E-state index is -4.34. The maximum absolute atomic E-state index is 12.9. The van der Waals surface area contributed by atoms with Crippen molar-refractivity contribution in [3.63, 3.8) is 0 Å². The van der Waals surface area contributed by atoms with Crippen LogP contribution in [0.2, 0.25) is 0 Å². The first-order valence-corrected chi connectivity index (χ1v) is 7.75. The van der Waals surface area contributed by atoms with Crippen LogP contribution in [0.15, 0.2) is 18.2 Å². The van der Waals surface area contributed by atoms with Crippen LogP contribution in [0, 0.1) is 5.92 Å². The van der Waals surface area contributed by atoms with E-state index in [0.717, 1.165) is 37.1 Å². The van der Waals surface area contributed by atoms with E-state index in [4.69, 9.17) is 4.74 Å². The molecular weight excluding hydrogens is 291 g/mol. The maximum atomic E-state index is 12.9. The second-order valence-corrected chi connectivity index (χ2v) is 6.44. The molecule has 0 amide bonds. The smallest absolute Gasteiger partial charge is 0.416 e. The lowest BCUT2D eigenvalue weighted by Crippen LogP contribution is -2.41. The molecule has 2 rings (SSSR count). The molecule has 1 saturated heterocycles. The van der Waals surface area contributed by atoms with Crippen molar-refractivity contribution in [1.82, 2.24) is 4.90 Å². The summed E-state index contributed by atoms with van der Waals surface area (Å²) in [6.45, 7) is 7.44. The van der Waals surface area contributed by atoms with Crippen molar-refractivity contribution >= 4 is 0 Å². The van der Waals surface area contributed by atoms with Crippen molar-refractivity contribution in [2.75, 3.05) is 13.7 Å². The third kappa shape index (κ3) is 3.57. The average molecular weight is 315 g/mol. The normalized spacial score (nSPS) is 23.8. The number of nitrogens with zero attached hydrogens (tertiary/aromatic N) is 1. The van der Waals surface area contributed by atoms with Gasteiger partial charge in [-0.3, -0.25) is 4.90 Å². The molecule has 0 radical (unpaired) electrons. The van der Waals surface area contributed by atoms with Crippen LogP contribution in [0.3, 0.4) is 0 Å². The van der Waals surface area contributed by atoms with E-state index in [1.165, 1.54) is 7.11 Å². The van der Waals surface area contributed by atoms with E-state index in [0.29, 0.717) is 17.7 Å². The summed E-state index contributed by atoms with van der Waals surface area (Å²) in [5.41, 5.74) is 0.199. The SMILES string of the molecule is COc1cc(C(F)(F)F)ccc1[C@H]1CC[C@@H](C)CN1C(C)C. The van der Waals surface area contributed by atoms with E-state index in [2.05, 4.69) is 25.7 Å². The van der Waals surface area contributed by atoms with Crippen molar-refractivity contribution in [3.8, 4) is 5.75 Å². The summed E-state index contributed by atoms with van der Waals surface area (Å²) < 4.78 is 43.9. The van der Waals surface area contributed by atoms with E-state index >= 15 is 0 Å². The van der Waals surface area contributed by atoms with Crippen molar-refractivity contribution in [3.05, 3.63) is 29.3 Å². The molecule has 1 fully saturated rings. The lowest BCUT2D eigenvalue weighted by atomic mass is 9.88. The summed E-state index contributed by atoms with van der Waals surface area (Å²) in [5, 5.41) is 0. The standard InChI is InChI=1S/C17H24F3NO/c1-11(2)21-10-12(3)5-8-15(21)14-7-6-13(17(18,19)20)9-16(14)22-4/h6-7,9,11-12,15H,5,8,10H2,1-4H3/t12-,15-/m1/s1. The van der Waals surface area contributed by atoms with Gasteiger partial charge >= 0.3 is 6.18 Å². The molecule has 1 aliphatic rings. The lowest BCUT2D eigenvalue weighted by Gasteiger charge is -2.42. The first-order chi connectivity index (χ1) is 10.2. The quantitative estimate of drug-likeness (QED) is 0.787. The largest absolute Gasteiger partial charge is 0.496 e. The molecule has 0 saturated carbocycles. The number of alkyl halides is 3. The molecule has 5 heteroatoms. The fourth-order valence-electron chi connectivity index (χ4n) is 3.25. The van der Waals surface area contributed by atoms with Crippen LogP contribution < -0.4 is 4.74 Å². The molecule has 0 spiro atoms. The summed E-state index contributed by atoms with van der Waals surface area (Å²) in [4.78, 5) is 2.36. The van der Waals surface area contributed by atoms with E-state index in [9.17, 15) is 13.2 Å². The predicted octanol–water partition coefficient (Wildman–Crippen LogP) is 4.90. The Bertz CT molecular complexity index is 513. The Kier molecular flexibility index (Phi) is 5.05. The molecule has 0 unspecified atom stereocenters. The van der Waals surface area contributed by atoms with Gasteiger partial charge in [-0.1, -0.05) is 13.0 Å². The van der Waals surface area contributed by atoms with Gasteiger partial charge in [0.1, 0.15) is 5.75 Å². The summed E-state index contributed by atoms with van der Waals surface area (Å²) in [6.07, 6.45) is -2.32. The van der Waals surface area contributed by atoms with Crippen molar-refractivity contribution in [1.29, 1.82) is 0 Å². The van der Waals surface area contributed by atoms with Crippen LogP contribution in [-0.2, 0) is 6.18 Å². The number of rotatable bonds is 3. The highest BCUT2D eigenvalue weighted by molar-refractivity contribution is 5.41. The van der Waals surface area contributed by atoms with Gasteiger partial charge in [0.15, 0.2) is 0 Å². The third-order valence-electron chi connectivity index (χ3n) is 4.44. The van der Waals surface area contributed by atoms with Gasteiger partial charge in [0.25, 0.3) is 0 Å². The Labute approximate surface area is 130 Å². The minimum Gasteiger partial charge on any atom is -0.496 e. The van der Waals surface area contributed by atoms with E-state index < -0.39 is 11.7 Å². The van der Waals surface area contributed by atoms with Gasteiger partial charge < -0.3 is 4.74 Å². The number of methoxy groups -OCH3 is 1. The summed E-state index contributed by atoms with van der Waals surface area (Å²) in [6, 6.07) is 4.32. The summed E-state index contributed by atoms with van der Waals surface area (Å²) in [5.74, 6) is 0.944. The Hall–Kier alpha value is -1.23. The molecule has 0 aromatic heterocycles. The molecule has 0 aliphatic carbocycles. The Morgan fingerprint density at radius 1 is 1.23 bits per heavy atom. The predicted molar refractivity (Wildman–Crippen MR) is 81.0 cm³/mol. The van der Waals surface area contributed by atoms with E-state index in [1.54, 1.807) is 6.07 Å². The monoisotopic (exact) mass is 315 g/mol. The molecule has 2 nitrogen and oxygen atoms in total. The topological polar surface area (TPSA) is 12.5 Å². The molecule has 2 atom stereocenters. The van der Waals surface area contributed by atoms with Gasteiger partial charge in [0.2, 0.25) is 0 Å². The highest BCUT2D eigenvalue weighted by Crippen LogP contribution is 2.41. The van der Waals surface area contributed by atoms with Crippen LogP contribution in [0.4, 0.5) is 13.2 Å². The molecule has 124 valence electrons. The van der Waals surface area contributed by atoms with Crippen LogP contribution in [0.25, 0.3) is 0 Å². The molecule has 1 aliphatic heterocycles. The highest BCUT2D eigenvalue weighted by Gasteiger charge is 2.34. The van der Waals surface area contributed by atoms with Crippen LogP contribution >= 0.6 is 0 Å². The zero-order valence-electron chi connectivity index (χ0n) is 13.6. The number of piperidine rings is 1. The second kappa shape index (κ2) is 6.49. The second-order valence-electron chi connectivity index (χ2n) is 6.44. The fraction of sp³-hybridized carbons (Fsp3) is 0.647. The van der Waals surface area contributed by atoms with Gasteiger partial charge in [-0.25, -0.2) is 0 Å². The lowest BCUT2D eigenvalue weighted by molar-refractivity contribution is -0.137. The summed E-state index contributed by atoms with van der Waals surface area (Å²) in [7, 11) is 1.43. The van der Waals surface area contributed by atoms with Crippen LogP contribution in [-0.4, -0.2) is 24.6 Å². The number of hydrogen-bond acceptors (Lipinski definition) is 2. The zero-order chi connectivity index (χ0) is 16.5. The summed E-state index contributed by atoms with van der Waals surface area (Å²) >= 11 is 0. The van der Waals surface area contributed by atoms with E-state index in [-0.39, 0.29) is 6.04 Å². The number of benzene rings is 1. The average Bonchev–Trinajstić information content (AvgIpc) is 2.45. The molecule has 0 bridgehead atoms. The zero-order valence-corrected chi connectivity index (χ0v) is 13.6.